The quantitative estimate of drug-likeness (QED) is 0.508. The van der Waals surface area contributed by atoms with Crippen LogP contribution in [0.5, 0.6) is 0 Å². The Morgan fingerprint density at radius 1 is 1.04 bits per heavy atom. The highest BCUT2D eigenvalue weighted by Crippen LogP contribution is 2.36. The van der Waals surface area contributed by atoms with E-state index in [4.69, 9.17) is 0 Å². The van der Waals surface area contributed by atoms with Gasteiger partial charge in [0.05, 0.1) is 5.75 Å². The molecular weight excluding hydrogens is 418 g/mol. The molecule has 0 fully saturated rings. The van der Waals surface area contributed by atoms with Gasteiger partial charge in [0.1, 0.15) is 0 Å². The summed E-state index contributed by atoms with van der Waals surface area (Å²) >= 11 is 5.00. The molecule has 0 aliphatic rings. The molecule has 1 heterocycles. The van der Waals surface area contributed by atoms with Crippen LogP contribution in [0.2, 0.25) is 0 Å². The van der Waals surface area contributed by atoms with Crippen LogP contribution in [0.3, 0.4) is 0 Å². The lowest BCUT2D eigenvalue weighted by atomic mass is 10.1. The Balaban J connectivity index is 2.06. The predicted octanol–water partition coefficient (Wildman–Crippen LogP) is 5.33. The van der Waals surface area contributed by atoms with Gasteiger partial charge in [-0.3, -0.25) is 0 Å². The molecule has 3 nitrogen and oxygen atoms in total. The molecule has 0 saturated heterocycles. The number of aromatic nitrogens is 1. The van der Waals surface area contributed by atoms with E-state index in [2.05, 4.69) is 15.9 Å². The summed E-state index contributed by atoms with van der Waals surface area (Å²) in [6, 6.07) is 17.2. The zero-order valence-electron chi connectivity index (χ0n) is 13.9. The van der Waals surface area contributed by atoms with Crippen LogP contribution in [0.1, 0.15) is 11.3 Å². The molecule has 0 bridgehead atoms. The first kappa shape index (κ1) is 18.3. The van der Waals surface area contributed by atoms with Gasteiger partial charge in [0, 0.05) is 26.8 Å². The Kier molecular flexibility index (Phi) is 5.41. The van der Waals surface area contributed by atoms with Crippen molar-refractivity contribution in [1.29, 1.82) is 0 Å². The fraction of sp³-hybridized carbons (Fsp3) is 0.158. The first-order valence-corrected chi connectivity index (χ1v) is 11.3. The Hall–Kier alpha value is -1.50. The third-order valence-corrected chi connectivity index (χ3v) is 7.13. The van der Waals surface area contributed by atoms with Crippen LogP contribution in [0.25, 0.3) is 11.1 Å². The number of halogens is 1. The summed E-state index contributed by atoms with van der Waals surface area (Å²) < 4.78 is 28.3. The van der Waals surface area contributed by atoms with E-state index in [0.717, 1.165) is 31.8 Å². The largest absolute Gasteiger partial charge is 0.248 e. The van der Waals surface area contributed by atoms with Crippen LogP contribution in [0.15, 0.2) is 70.2 Å². The molecule has 0 atom stereocenters. The lowest BCUT2D eigenvalue weighted by Gasteiger charge is -2.08. The molecule has 0 radical (unpaired) electrons. The van der Waals surface area contributed by atoms with E-state index in [-0.39, 0.29) is 5.75 Å². The predicted molar refractivity (Wildman–Crippen MR) is 109 cm³/mol. The molecule has 0 N–H and O–H groups in total. The summed E-state index contributed by atoms with van der Waals surface area (Å²) in [5.74, 6) is -0.0169. The lowest BCUT2D eigenvalue weighted by molar-refractivity contribution is 0.585. The third kappa shape index (κ3) is 3.86. The highest BCUT2D eigenvalue weighted by atomic mass is 79.9. The van der Waals surface area contributed by atoms with Crippen molar-refractivity contribution >= 4 is 37.7 Å². The number of thioether (sulfide) groups is 1. The van der Waals surface area contributed by atoms with Crippen molar-refractivity contribution in [3.8, 4) is 11.1 Å². The Morgan fingerprint density at radius 2 is 1.68 bits per heavy atom. The van der Waals surface area contributed by atoms with Gasteiger partial charge in [-0.1, -0.05) is 58.4 Å². The minimum Gasteiger partial charge on any atom is -0.248 e. The summed E-state index contributed by atoms with van der Waals surface area (Å²) in [4.78, 5) is 0.985. The zero-order valence-corrected chi connectivity index (χ0v) is 17.2. The fourth-order valence-electron chi connectivity index (χ4n) is 2.80. The fourth-order valence-corrected chi connectivity index (χ4v) is 5.44. The molecule has 3 rings (SSSR count). The normalized spacial score (nSPS) is 11.6. The van der Waals surface area contributed by atoms with E-state index in [1.165, 1.54) is 3.97 Å². The van der Waals surface area contributed by atoms with Crippen molar-refractivity contribution in [1.82, 2.24) is 3.97 Å². The number of rotatable bonds is 5. The standard InChI is InChI=1S/C19H18BrNO2S2/c1-14-19(24-2)18(16-8-10-17(20)11-9-16)12-21(14)25(22,23)13-15-6-4-3-5-7-15/h3-12H,13H2,1-2H3. The Labute approximate surface area is 161 Å². The first-order chi connectivity index (χ1) is 11.9. The minimum absolute atomic E-state index is 0.0169. The molecular formula is C19H18BrNO2S2. The molecule has 0 saturated carbocycles. The van der Waals surface area contributed by atoms with Crippen molar-refractivity contribution < 1.29 is 8.42 Å². The average Bonchev–Trinajstić information content (AvgIpc) is 2.93. The molecule has 3 aromatic rings. The monoisotopic (exact) mass is 435 g/mol. The summed E-state index contributed by atoms with van der Waals surface area (Å²) in [6.07, 6.45) is 3.71. The molecule has 0 aliphatic carbocycles. The van der Waals surface area contributed by atoms with E-state index in [1.807, 2.05) is 67.8 Å². The maximum atomic E-state index is 12.9. The number of hydrogen-bond donors (Lipinski definition) is 0. The number of hydrogen-bond acceptors (Lipinski definition) is 3. The molecule has 0 aliphatic heterocycles. The van der Waals surface area contributed by atoms with Gasteiger partial charge in [-0.2, -0.15) is 0 Å². The SMILES string of the molecule is CSc1c(-c2ccc(Br)cc2)cn(S(=O)(=O)Cc2ccccc2)c1C. The molecule has 130 valence electrons. The topological polar surface area (TPSA) is 39.1 Å². The van der Waals surface area contributed by atoms with Crippen LogP contribution in [-0.4, -0.2) is 18.6 Å². The van der Waals surface area contributed by atoms with Crippen LogP contribution < -0.4 is 0 Å². The van der Waals surface area contributed by atoms with Crippen molar-refractivity contribution in [2.75, 3.05) is 6.26 Å². The maximum Gasteiger partial charge on any atom is 0.242 e. The van der Waals surface area contributed by atoms with Crippen LogP contribution in [0, 0.1) is 6.92 Å². The summed E-state index contributed by atoms with van der Waals surface area (Å²) in [7, 11) is -3.48. The molecule has 1 aromatic heterocycles. The van der Waals surface area contributed by atoms with Crippen molar-refractivity contribution in [3.05, 3.63) is 76.5 Å². The van der Waals surface area contributed by atoms with Gasteiger partial charge >= 0.3 is 0 Å². The number of benzene rings is 2. The highest BCUT2D eigenvalue weighted by molar-refractivity contribution is 9.10. The summed E-state index contributed by atoms with van der Waals surface area (Å²) in [5.41, 5.74) is 3.48. The van der Waals surface area contributed by atoms with E-state index < -0.39 is 10.0 Å². The van der Waals surface area contributed by atoms with Crippen molar-refractivity contribution in [3.63, 3.8) is 0 Å². The van der Waals surface area contributed by atoms with Crippen LogP contribution in [-0.2, 0) is 15.8 Å². The maximum absolute atomic E-state index is 12.9. The van der Waals surface area contributed by atoms with Crippen molar-refractivity contribution in [2.45, 2.75) is 17.6 Å². The Bertz CT molecular complexity index is 978. The third-order valence-electron chi connectivity index (χ3n) is 4.00. The second-order valence-corrected chi connectivity index (χ2v) is 9.28. The summed E-state index contributed by atoms with van der Waals surface area (Å²) in [5, 5.41) is 0. The van der Waals surface area contributed by atoms with Gasteiger partial charge in [0.25, 0.3) is 0 Å². The van der Waals surface area contributed by atoms with Gasteiger partial charge in [-0.05, 0) is 36.4 Å². The van der Waals surface area contributed by atoms with Gasteiger partial charge in [0.15, 0.2) is 0 Å². The van der Waals surface area contributed by atoms with Gasteiger partial charge in [0.2, 0.25) is 10.0 Å². The van der Waals surface area contributed by atoms with E-state index in [1.54, 1.807) is 18.0 Å². The Morgan fingerprint density at radius 3 is 2.28 bits per heavy atom. The zero-order chi connectivity index (χ0) is 18.0. The molecule has 0 unspecified atom stereocenters. The van der Waals surface area contributed by atoms with E-state index >= 15 is 0 Å². The smallest absolute Gasteiger partial charge is 0.242 e. The van der Waals surface area contributed by atoms with Gasteiger partial charge in [-0.25, -0.2) is 12.4 Å². The van der Waals surface area contributed by atoms with Crippen LogP contribution in [0.4, 0.5) is 0 Å². The minimum atomic E-state index is -3.48. The molecule has 0 amide bonds. The van der Waals surface area contributed by atoms with Crippen LogP contribution >= 0.6 is 27.7 Å². The van der Waals surface area contributed by atoms with Crippen molar-refractivity contribution in [2.24, 2.45) is 0 Å². The number of nitrogens with zero attached hydrogens (tertiary/aromatic N) is 1. The molecule has 2 aromatic carbocycles. The van der Waals surface area contributed by atoms with Gasteiger partial charge in [-0.15, -0.1) is 11.8 Å². The van der Waals surface area contributed by atoms with E-state index in [9.17, 15) is 8.42 Å². The highest BCUT2D eigenvalue weighted by Gasteiger charge is 2.22. The average molecular weight is 436 g/mol. The second kappa shape index (κ2) is 7.40. The first-order valence-electron chi connectivity index (χ1n) is 7.71. The molecule has 0 spiro atoms. The summed E-state index contributed by atoms with van der Waals surface area (Å²) in [6.45, 7) is 1.86. The second-order valence-electron chi connectivity index (χ2n) is 5.71. The van der Waals surface area contributed by atoms with Gasteiger partial charge < -0.3 is 0 Å². The molecule has 25 heavy (non-hydrogen) atoms. The molecule has 6 heteroatoms. The van der Waals surface area contributed by atoms with E-state index in [0.29, 0.717) is 0 Å². The lowest BCUT2D eigenvalue weighted by Crippen LogP contribution is -2.15.